The van der Waals surface area contributed by atoms with Gasteiger partial charge < -0.3 is 20.3 Å². The Hall–Kier alpha value is -1.56. The monoisotopic (exact) mass is 566 g/mol. The van der Waals surface area contributed by atoms with E-state index < -0.39 is 9.84 Å². The molecular weight excluding hydrogens is 531 g/mol. The summed E-state index contributed by atoms with van der Waals surface area (Å²) in [5.41, 5.74) is 0. The van der Waals surface area contributed by atoms with Gasteiger partial charge in [-0.05, 0) is 45.2 Å². The van der Waals surface area contributed by atoms with Crippen LogP contribution in [0.4, 0.5) is 4.79 Å². The highest BCUT2D eigenvalue weighted by Gasteiger charge is 2.25. The van der Waals surface area contributed by atoms with Crippen LogP contribution in [0.5, 0.6) is 0 Å². The van der Waals surface area contributed by atoms with E-state index in [1.165, 1.54) is 0 Å². The van der Waals surface area contributed by atoms with Gasteiger partial charge in [0.1, 0.15) is 0 Å². The van der Waals surface area contributed by atoms with Gasteiger partial charge in [0, 0.05) is 31.7 Å². The molecule has 0 radical (unpaired) electrons. The van der Waals surface area contributed by atoms with Crippen molar-refractivity contribution in [1.82, 2.24) is 15.5 Å². The molecule has 1 saturated heterocycles. The van der Waals surface area contributed by atoms with Gasteiger partial charge in [0.15, 0.2) is 15.8 Å². The molecule has 1 unspecified atom stereocenters. The summed E-state index contributed by atoms with van der Waals surface area (Å²) >= 11 is 0. The number of carbonyl (C=O) groups excluding carboxylic acids is 1. The summed E-state index contributed by atoms with van der Waals surface area (Å²) in [5.74, 6) is 0.612. The van der Waals surface area contributed by atoms with E-state index in [1.54, 1.807) is 42.2 Å². The molecule has 0 aliphatic carbocycles. The number of sulfone groups is 1. The minimum Gasteiger partial charge on any atom is -0.450 e. The maximum absolute atomic E-state index is 12.7. The van der Waals surface area contributed by atoms with Crippen molar-refractivity contribution < 1.29 is 17.9 Å². The van der Waals surface area contributed by atoms with Crippen molar-refractivity contribution in [2.24, 2.45) is 4.99 Å². The summed E-state index contributed by atoms with van der Waals surface area (Å²) < 4.78 is 30.5. The Morgan fingerprint density at radius 3 is 2.39 bits per heavy atom. The molecule has 1 aliphatic heterocycles. The molecule has 1 heterocycles. The molecule has 1 atom stereocenters. The van der Waals surface area contributed by atoms with Gasteiger partial charge in [0.05, 0.1) is 17.3 Å². The lowest BCUT2D eigenvalue weighted by Gasteiger charge is -2.33. The summed E-state index contributed by atoms with van der Waals surface area (Å²) in [6.45, 7) is 7.89. The normalized spacial score (nSPS) is 16.2. The van der Waals surface area contributed by atoms with Crippen LogP contribution in [0.1, 0.15) is 40.0 Å². The molecule has 0 saturated carbocycles. The first-order valence-corrected chi connectivity index (χ1v) is 12.3. The molecule has 176 valence electrons. The molecule has 0 aromatic heterocycles. The number of rotatable bonds is 8. The van der Waals surface area contributed by atoms with Crippen molar-refractivity contribution in [3.05, 3.63) is 30.3 Å². The Balaban J connectivity index is 0.00000480. The van der Waals surface area contributed by atoms with Crippen molar-refractivity contribution in [2.75, 3.05) is 32.0 Å². The molecule has 8 nitrogen and oxygen atoms in total. The van der Waals surface area contributed by atoms with Crippen LogP contribution in [0.25, 0.3) is 0 Å². The predicted molar refractivity (Wildman–Crippen MR) is 134 cm³/mol. The van der Waals surface area contributed by atoms with Gasteiger partial charge in [-0.25, -0.2) is 13.2 Å². The molecule has 1 aromatic carbocycles. The van der Waals surface area contributed by atoms with Crippen molar-refractivity contribution in [3.63, 3.8) is 0 Å². The van der Waals surface area contributed by atoms with Crippen LogP contribution in [-0.2, 0) is 14.6 Å². The fourth-order valence-electron chi connectivity index (χ4n) is 3.35. The van der Waals surface area contributed by atoms with E-state index >= 15 is 0 Å². The maximum atomic E-state index is 12.7. The van der Waals surface area contributed by atoms with Gasteiger partial charge in [-0.1, -0.05) is 25.1 Å². The smallest absolute Gasteiger partial charge is 0.409 e. The molecule has 31 heavy (non-hydrogen) atoms. The number of amides is 1. The molecule has 10 heteroatoms. The van der Waals surface area contributed by atoms with E-state index in [9.17, 15) is 13.2 Å². The van der Waals surface area contributed by atoms with Crippen molar-refractivity contribution in [1.29, 1.82) is 0 Å². The number of likely N-dealkylation sites (tertiary alicyclic amines) is 1. The van der Waals surface area contributed by atoms with E-state index in [2.05, 4.69) is 15.6 Å². The Labute approximate surface area is 203 Å². The number of benzene rings is 1. The lowest BCUT2D eigenvalue weighted by Crippen LogP contribution is -2.52. The molecule has 0 bridgehead atoms. The SMILES string of the molecule is CCN=C(NC1CCN(C(=O)OCC)CC1)NC(CC)CS(=O)(=O)c1ccccc1.I. The number of halogens is 1. The highest BCUT2D eigenvalue weighted by atomic mass is 127. The fraction of sp³-hybridized carbons (Fsp3) is 0.619. The van der Waals surface area contributed by atoms with Gasteiger partial charge in [-0.3, -0.25) is 4.99 Å². The molecule has 1 amide bonds. The molecule has 1 fully saturated rings. The lowest BCUT2D eigenvalue weighted by atomic mass is 10.1. The third kappa shape index (κ3) is 8.83. The fourth-order valence-corrected chi connectivity index (χ4v) is 4.96. The van der Waals surface area contributed by atoms with Crippen molar-refractivity contribution >= 4 is 45.9 Å². The quantitative estimate of drug-likeness (QED) is 0.285. The molecule has 2 N–H and O–H groups in total. The average molecular weight is 567 g/mol. The first-order valence-electron chi connectivity index (χ1n) is 10.7. The number of piperidine rings is 1. The second-order valence-electron chi connectivity index (χ2n) is 7.27. The van der Waals surface area contributed by atoms with Crippen LogP contribution in [0, 0.1) is 0 Å². The minimum atomic E-state index is -3.39. The average Bonchev–Trinajstić information content (AvgIpc) is 2.74. The minimum absolute atomic E-state index is 0. The standard InChI is InChI=1S/C21H34N4O4S.HI/c1-4-17(16-30(27,28)19-10-8-7-9-11-19)23-20(22-5-2)24-18-12-14-25(15-13-18)21(26)29-6-3;/h7-11,17-18H,4-6,12-16H2,1-3H3,(H2,22,23,24);1H. The number of hydrogen-bond donors (Lipinski definition) is 2. The zero-order valence-corrected chi connectivity index (χ0v) is 21.7. The van der Waals surface area contributed by atoms with Crippen LogP contribution in [0.3, 0.4) is 0 Å². The largest absolute Gasteiger partial charge is 0.450 e. The first-order chi connectivity index (χ1) is 14.4. The van der Waals surface area contributed by atoms with E-state index in [0.29, 0.717) is 43.5 Å². The Kier molecular flexibility index (Phi) is 12.2. The summed E-state index contributed by atoms with van der Waals surface area (Å²) in [4.78, 5) is 18.4. The molecule has 1 aliphatic rings. The number of carbonyl (C=O) groups is 1. The van der Waals surface area contributed by atoms with Gasteiger partial charge in [-0.15, -0.1) is 24.0 Å². The number of nitrogens with one attached hydrogen (secondary N) is 2. The number of ether oxygens (including phenoxy) is 1. The third-order valence-corrected chi connectivity index (χ3v) is 6.87. The van der Waals surface area contributed by atoms with E-state index in [0.717, 1.165) is 12.8 Å². The predicted octanol–water partition coefficient (Wildman–Crippen LogP) is 3.03. The van der Waals surface area contributed by atoms with Gasteiger partial charge in [0.25, 0.3) is 0 Å². The highest BCUT2D eigenvalue weighted by molar-refractivity contribution is 14.0. The van der Waals surface area contributed by atoms with E-state index in [4.69, 9.17) is 4.74 Å². The number of nitrogens with zero attached hydrogens (tertiary/aromatic N) is 2. The van der Waals surface area contributed by atoms with Crippen LogP contribution in [0.15, 0.2) is 40.2 Å². The second kappa shape index (κ2) is 13.8. The van der Waals surface area contributed by atoms with Crippen molar-refractivity contribution in [3.8, 4) is 0 Å². The Morgan fingerprint density at radius 2 is 1.84 bits per heavy atom. The zero-order valence-electron chi connectivity index (χ0n) is 18.5. The number of guanidine groups is 1. The summed E-state index contributed by atoms with van der Waals surface area (Å²) in [7, 11) is -3.39. The van der Waals surface area contributed by atoms with E-state index in [-0.39, 0.29) is 47.9 Å². The highest BCUT2D eigenvalue weighted by Crippen LogP contribution is 2.14. The van der Waals surface area contributed by atoms with Crippen LogP contribution in [-0.4, -0.2) is 69.4 Å². The summed E-state index contributed by atoms with van der Waals surface area (Å²) in [6, 6.07) is 8.42. The van der Waals surface area contributed by atoms with Crippen LogP contribution >= 0.6 is 24.0 Å². The molecular formula is C21H35IN4O4S. The summed E-state index contributed by atoms with van der Waals surface area (Å²) in [6.07, 6.45) is 1.94. The van der Waals surface area contributed by atoms with Crippen molar-refractivity contribution in [2.45, 2.75) is 57.0 Å². The number of aliphatic imine (C=N–C) groups is 1. The molecule has 1 aromatic rings. The van der Waals surface area contributed by atoms with Gasteiger partial charge in [-0.2, -0.15) is 0 Å². The lowest BCUT2D eigenvalue weighted by molar-refractivity contribution is 0.0963. The zero-order chi connectivity index (χ0) is 22.0. The Bertz CT molecular complexity index is 797. The second-order valence-corrected chi connectivity index (χ2v) is 9.31. The first kappa shape index (κ1) is 27.5. The summed E-state index contributed by atoms with van der Waals surface area (Å²) in [5, 5.41) is 6.69. The van der Waals surface area contributed by atoms with Gasteiger partial charge >= 0.3 is 6.09 Å². The maximum Gasteiger partial charge on any atom is 0.409 e. The Morgan fingerprint density at radius 1 is 1.19 bits per heavy atom. The van der Waals surface area contributed by atoms with Crippen LogP contribution in [0.2, 0.25) is 0 Å². The van der Waals surface area contributed by atoms with E-state index in [1.807, 2.05) is 13.8 Å². The molecule has 2 rings (SSSR count). The third-order valence-electron chi connectivity index (χ3n) is 5.03. The number of hydrogen-bond acceptors (Lipinski definition) is 5. The topological polar surface area (TPSA) is 100 Å². The molecule has 0 spiro atoms. The van der Waals surface area contributed by atoms with Crippen LogP contribution < -0.4 is 10.6 Å². The van der Waals surface area contributed by atoms with Gasteiger partial charge in [0.2, 0.25) is 0 Å².